The predicted octanol–water partition coefficient (Wildman–Crippen LogP) is 3.94. The first-order valence-electron chi connectivity index (χ1n) is 7.72. The molecule has 21 heavy (non-hydrogen) atoms. The van der Waals surface area contributed by atoms with E-state index in [0.717, 1.165) is 44.1 Å². The first-order valence-corrected chi connectivity index (χ1v) is 7.72. The third kappa shape index (κ3) is 3.96. The smallest absolute Gasteiger partial charge is 0.134 e. The lowest BCUT2D eigenvalue weighted by Crippen LogP contribution is -2.25. The highest BCUT2D eigenvalue weighted by atomic mass is 16.3. The van der Waals surface area contributed by atoms with Crippen LogP contribution in [0.3, 0.4) is 0 Å². The summed E-state index contributed by atoms with van der Waals surface area (Å²) in [5.74, 6) is 1.07. The molecule has 0 radical (unpaired) electrons. The van der Waals surface area contributed by atoms with Gasteiger partial charge in [0.15, 0.2) is 0 Å². The zero-order valence-electron chi connectivity index (χ0n) is 13.4. The number of para-hydroxylation sites is 1. The van der Waals surface area contributed by atoms with Gasteiger partial charge in [0.25, 0.3) is 0 Å². The average Bonchev–Trinajstić information content (AvgIpc) is 2.81. The topological polar surface area (TPSA) is 28.4 Å². The van der Waals surface area contributed by atoms with Crippen molar-refractivity contribution in [1.29, 1.82) is 0 Å². The molecule has 0 unspecified atom stereocenters. The molecule has 1 N–H and O–H groups in total. The minimum absolute atomic E-state index is 0.832. The van der Waals surface area contributed by atoms with E-state index in [1.165, 1.54) is 16.5 Å². The molecule has 0 saturated heterocycles. The number of fused-ring (bicyclic) bond motifs is 1. The first kappa shape index (κ1) is 15.8. The van der Waals surface area contributed by atoms with Crippen molar-refractivity contribution >= 4 is 11.0 Å². The van der Waals surface area contributed by atoms with Crippen LogP contribution in [-0.4, -0.2) is 24.5 Å². The highest BCUT2D eigenvalue weighted by Gasteiger charge is 2.16. The lowest BCUT2D eigenvalue weighted by Gasteiger charge is -2.19. The molecule has 3 heteroatoms. The van der Waals surface area contributed by atoms with Crippen molar-refractivity contribution in [1.82, 2.24) is 10.2 Å². The summed E-state index contributed by atoms with van der Waals surface area (Å²) in [5.41, 5.74) is 3.44. The van der Waals surface area contributed by atoms with Crippen LogP contribution in [0.4, 0.5) is 0 Å². The molecular formula is C18H26N2O. The number of nitrogens with one attached hydrogen (secondary N) is 1. The van der Waals surface area contributed by atoms with Gasteiger partial charge in [-0.15, -0.1) is 0 Å². The van der Waals surface area contributed by atoms with Crippen LogP contribution in [0.2, 0.25) is 0 Å². The van der Waals surface area contributed by atoms with Crippen LogP contribution in [0.1, 0.15) is 32.1 Å². The third-order valence-electron chi connectivity index (χ3n) is 3.64. The number of likely N-dealkylation sites (N-methyl/N-ethyl adjacent to an activating group) is 1. The van der Waals surface area contributed by atoms with Gasteiger partial charge in [0, 0.05) is 24.0 Å². The minimum atomic E-state index is 0.832. The Bertz CT molecular complexity index is 600. The molecule has 0 fully saturated rings. The van der Waals surface area contributed by atoms with Crippen molar-refractivity contribution in [2.45, 2.75) is 33.9 Å². The lowest BCUT2D eigenvalue weighted by atomic mass is 10.1. The molecule has 0 atom stereocenters. The van der Waals surface area contributed by atoms with Gasteiger partial charge in [0.05, 0.1) is 6.54 Å². The molecule has 0 saturated carbocycles. The summed E-state index contributed by atoms with van der Waals surface area (Å²) in [6.07, 6.45) is 0. The van der Waals surface area contributed by atoms with Crippen LogP contribution in [0.15, 0.2) is 40.8 Å². The number of benzene rings is 1. The third-order valence-corrected chi connectivity index (χ3v) is 3.64. The number of nitrogens with zero attached hydrogens (tertiary/aromatic N) is 1. The van der Waals surface area contributed by atoms with Crippen molar-refractivity contribution in [3.8, 4) is 0 Å². The largest absolute Gasteiger partial charge is 0.459 e. The molecule has 0 aliphatic heterocycles. The maximum atomic E-state index is 6.10. The SMILES string of the molecule is C=C(C)CN(CC)Cc1oc2ccccc2c1CNCC. The molecule has 0 aliphatic rings. The van der Waals surface area contributed by atoms with E-state index in [0.29, 0.717) is 0 Å². The standard InChI is InChI=1S/C18H26N2O/c1-5-19-11-16-15-9-7-8-10-17(15)21-18(16)13-20(6-2)12-14(3)4/h7-10,19H,3,5-6,11-13H2,1-2,4H3. The van der Waals surface area contributed by atoms with Gasteiger partial charge in [-0.05, 0) is 26.1 Å². The predicted molar refractivity (Wildman–Crippen MR) is 89.4 cm³/mol. The number of hydrogen-bond acceptors (Lipinski definition) is 3. The molecule has 2 rings (SSSR count). The molecule has 1 heterocycles. The second-order valence-electron chi connectivity index (χ2n) is 5.54. The molecule has 0 aliphatic carbocycles. The zero-order chi connectivity index (χ0) is 15.2. The zero-order valence-corrected chi connectivity index (χ0v) is 13.4. The molecule has 1 aromatic heterocycles. The van der Waals surface area contributed by atoms with Gasteiger partial charge in [0.1, 0.15) is 11.3 Å². The monoisotopic (exact) mass is 286 g/mol. The number of rotatable bonds is 8. The highest BCUT2D eigenvalue weighted by Crippen LogP contribution is 2.27. The van der Waals surface area contributed by atoms with E-state index in [9.17, 15) is 0 Å². The molecule has 0 spiro atoms. The number of hydrogen-bond donors (Lipinski definition) is 1. The Hall–Kier alpha value is -1.58. The lowest BCUT2D eigenvalue weighted by molar-refractivity contribution is 0.278. The molecule has 2 aromatic rings. The quantitative estimate of drug-likeness (QED) is 0.745. The van der Waals surface area contributed by atoms with Gasteiger partial charge in [-0.2, -0.15) is 0 Å². The molecule has 0 amide bonds. The Kier molecular flexibility index (Phi) is 5.59. The number of furan rings is 1. The van der Waals surface area contributed by atoms with Crippen molar-refractivity contribution in [2.24, 2.45) is 0 Å². The fourth-order valence-electron chi connectivity index (χ4n) is 2.59. The van der Waals surface area contributed by atoms with Crippen LogP contribution < -0.4 is 5.32 Å². The van der Waals surface area contributed by atoms with Crippen LogP contribution in [0.25, 0.3) is 11.0 Å². The Morgan fingerprint density at radius 1 is 1.29 bits per heavy atom. The maximum Gasteiger partial charge on any atom is 0.134 e. The van der Waals surface area contributed by atoms with E-state index in [1.807, 2.05) is 12.1 Å². The van der Waals surface area contributed by atoms with E-state index < -0.39 is 0 Å². The molecule has 114 valence electrons. The van der Waals surface area contributed by atoms with Gasteiger partial charge < -0.3 is 9.73 Å². The van der Waals surface area contributed by atoms with Crippen molar-refractivity contribution in [3.05, 3.63) is 47.7 Å². The Morgan fingerprint density at radius 2 is 2.05 bits per heavy atom. The van der Waals surface area contributed by atoms with Gasteiger partial charge >= 0.3 is 0 Å². The molecule has 0 bridgehead atoms. The Labute approximate surface area is 127 Å². The van der Waals surface area contributed by atoms with Crippen LogP contribution in [-0.2, 0) is 13.1 Å². The van der Waals surface area contributed by atoms with Gasteiger partial charge in [-0.1, -0.05) is 44.2 Å². The summed E-state index contributed by atoms with van der Waals surface area (Å²) < 4.78 is 6.10. The second-order valence-corrected chi connectivity index (χ2v) is 5.54. The van der Waals surface area contributed by atoms with E-state index in [4.69, 9.17) is 4.42 Å². The normalized spacial score (nSPS) is 11.4. The molecular weight excluding hydrogens is 260 g/mol. The van der Waals surface area contributed by atoms with E-state index >= 15 is 0 Å². The minimum Gasteiger partial charge on any atom is -0.459 e. The first-order chi connectivity index (χ1) is 10.2. The van der Waals surface area contributed by atoms with E-state index in [2.05, 4.69) is 49.7 Å². The summed E-state index contributed by atoms with van der Waals surface area (Å²) in [5, 5.41) is 4.64. The Balaban J connectivity index is 2.30. The Morgan fingerprint density at radius 3 is 2.71 bits per heavy atom. The average molecular weight is 286 g/mol. The van der Waals surface area contributed by atoms with Crippen LogP contribution in [0, 0.1) is 0 Å². The summed E-state index contributed by atoms with van der Waals surface area (Å²) in [4.78, 5) is 2.36. The second kappa shape index (κ2) is 7.43. The van der Waals surface area contributed by atoms with E-state index in [-0.39, 0.29) is 0 Å². The fraction of sp³-hybridized carbons (Fsp3) is 0.444. The van der Waals surface area contributed by atoms with E-state index in [1.54, 1.807) is 0 Å². The summed E-state index contributed by atoms with van der Waals surface area (Å²) in [7, 11) is 0. The van der Waals surface area contributed by atoms with Crippen molar-refractivity contribution in [2.75, 3.05) is 19.6 Å². The summed E-state index contributed by atoms with van der Waals surface area (Å²) >= 11 is 0. The summed E-state index contributed by atoms with van der Waals surface area (Å²) in [6.45, 7) is 14.9. The van der Waals surface area contributed by atoms with Gasteiger partial charge in [-0.3, -0.25) is 4.90 Å². The maximum absolute atomic E-state index is 6.10. The van der Waals surface area contributed by atoms with Gasteiger partial charge in [-0.25, -0.2) is 0 Å². The summed E-state index contributed by atoms with van der Waals surface area (Å²) in [6, 6.07) is 8.29. The van der Waals surface area contributed by atoms with Crippen LogP contribution >= 0.6 is 0 Å². The van der Waals surface area contributed by atoms with Crippen molar-refractivity contribution < 1.29 is 4.42 Å². The van der Waals surface area contributed by atoms with Crippen molar-refractivity contribution in [3.63, 3.8) is 0 Å². The molecule has 3 nitrogen and oxygen atoms in total. The molecule has 1 aromatic carbocycles. The van der Waals surface area contributed by atoms with Gasteiger partial charge in [0.2, 0.25) is 0 Å². The van der Waals surface area contributed by atoms with Crippen LogP contribution in [0.5, 0.6) is 0 Å². The fourth-order valence-corrected chi connectivity index (χ4v) is 2.59. The highest BCUT2D eigenvalue weighted by molar-refractivity contribution is 5.82.